The number of carbonyl (C=O) groups is 2. The van der Waals surface area contributed by atoms with Crippen LogP contribution in [0.3, 0.4) is 0 Å². The third kappa shape index (κ3) is 5.04. The smallest absolute Gasteiger partial charge is 0.261 e. The maximum atomic E-state index is 13.0. The van der Waals surface area contributed by atoms with Gasteiger partial charge >= 0.3 is 0 Å². The quantitative estimate of drug-likeness (QED) is 0.538. The van der Waals surface area contributed by atoms with Gasteiger partial charge in [-0.05, 0) is 66.6 Å². The first-order valence-electron chi connectivity index (χ1n) is 13.3. The number of allylic oxidation sites excluding steroid dienone is 1. The number of rotatable bonds is 4. The first-order valence-corrected chi connectivity index (χ1v) is 14.1. The van der Waals surface area contributed by atoms with Gasteiger partial charge in [-0.2, -0.15) is 4.99 Å². The molecule has 2 unspecified atom stereocenters. The molecule has 5 rings (SSSR count). The number of aliphatic imine (C=N–C) groups is 2. The maximum absolute atomic E-state index is 13.0. The lowest BCUT2D eigenvalue weighted by Gasteiger charge is -2.37. The summed E-state index contributed by atoms with van der Waals surface area (Å²) in [5.41, 5.74) is 5.33. The summed E-state index contributed by atoms with van der Waals surface area (Å²) in [6.45, 7) is 14.3. The van der Waals surface area contributed by atoms with Crippen molar-refractivity contribution in [3.63, 3.8) is 0 Å². The Labute approximate surface area is 219 Å². The zero-order chi connectivity index (χ0) is 25.6. The number of fused-ring (bicyclic) bond motifs is 2. The second-order valence-corrected chi connectivity index (χ2v) is 12.9. The first-order chi connectivity index (χ1) is 17.1. The molecule has 1 fully saturated rings. The van der Waals surface area contributed by atoms with Gasteiger partial charge in [0.15, 0.2) is 0 Å². The van der Waals surface area contributed by atoms with Crippen LogP contribution < -0.4 is 4.90 Å². The summed E-state index contributed by atoms with van der Waals surface area (Å²) in [4.78, 5) is 40.7. The van der Waals surface area contributed by atoms with Crippen LogP contribution in [0.25, 0.3) is 0 Å². The number of thioether (sulfide) groups is 1. The highest BCUT2D eigenvalue weighted by Gasteiger charge is 2.43. The Hall–Kier alpha value is -2.41. The third-order valence-corrected chi connectivity index (χ3v) is 9.42. The molecule has 0 N–H and O–H groups in total. The Morgan fingerprint density at radius 2 is 1.86 bits per heavy atom. The van der Waals surface area contributed by atoms with Crippen molar-refractivity contribution in [2.75, 3.05) is 31.1 Å². The van der Waals surface area contributed by atoms with Crippen molar-refractivity contribution >= 4 is 40.1 Å². The van der Waals surface area contributed by atoms with Crippen molar-refractivity contribution in [3.05, 3.63) is 39.8 Å². The molecular weight excluding hydrogens is 468 g/mol. The van der Waals surface area contributed by atoms with E-state index in [1.165, 1.54) is 27.3 Å². The van der Waals surface area contributed by atoms with Gasteiger partial charge in [-0.1, -0.05) is 50.2 Å². The maximum Gasteiger partial charge on any atom is 0.261 e. The molecule has 0 aromatic heterocycles. The SMILES string of the molecule is Cc1ccc(N2CCN(C(=O)CCC3=NC(=O)C4C(=N3)SC3=C4CCC(C(C)(C)C)C3)CC2)c(C)c1. The molecule has 7 heteroatoms. The minimum absolute atomic E-state index is 0.0868. The molecule has 1 aliphatic carbocycles. The zero-order valence-electron chi connectivity index (χ0n) is 22.3. The van der Waals surface area contributed by atoms with E-state index in [0.29, 0.717) is 24.6 Å². The highest BCUT2D eigenvalue weighted by Crippen LogP contribution is 2.52. The van der Waals surface area contributed by atoms with Crippen molar-refractivity contribution in [1.29, 1.82) is 0 Å². The standard InChI is InChI=1S/C29H38N4O2S/c1-18-6-9-22(19(2)16-18)32-12-14-33(15-13-32)25(34)11-10-24-30-27(35)26-21-8-7-20(29(3,4)5)17-23(21)36-28(26)31-24/h6,9,16,20,26H,7-8,10-15,17H2,1-5H3. The summed E-state index contributed by atoms with van der Waals surface area (Å²) in [5, 5.41) is 0.888. The second-order valence-electron chi connectivity index (χ2n) is 11.8. The number of hydrogen-bond donors (Lipinski definition) is 0. The predicted octanol–water partition coefficient (Wildman–Crippen LogP) is 5.53. The van der Waals surface area contributed by atoms with E-state index in [0.717, 1.165) is 50.5 Å². The highest BCUT2D eigenvalue weighted by molar-refractivity contribution is 8.17. The summed E-state index contributed by atoms with van der Waals surface area (Å²) in [6, 6.07) is 6.54. The van der Waals surface area contributed by atoms with Crippen LogP contribution in [0.4, 0.5) is 5.69 Å². The summed E-state index contributed by atoms with van der Waals surface area (Å²) in [7, 11) is 0. The molecule has 3 heterocycles. The average molecular weight is 507 g/mol. The lowest BCUT2D eigenvalue weighted by atomic mass is 9.71. The molecule has 2 amide bonds. The minimum atomic E-state index is -0.260. The molecular formula is C29H38N4O2S. The van der Waals surface area contributed by atoms with Gasteiger partial charge < -0.3 is 9.80 Å². The number of carbonyl (C=O) groups excluding carboxylic acids is 2. The predicted molar refractivity (Wildman–Crippen MR) is 149 cm³/mol. The van der Waals surface area contributed by atoms with Crippen LogP contribution in [0.5, 0.6) is 0 Å². The lowest BCUT2D eigenvalue weighted by Crippen LogP contribution is -2.49. The molecule has 36 heavy (non-hydrogen) atoms. The van der Waals surface area contributed by atoms with Gasteiger partial charge in [-0.25, -0.2) is 4.99 Å². The monoisotopic (exact) mass is 506 g/mol. The van der Waals surface area contributed by atoms with E-state index in [4.69, 9.17) is 4.99 Å². The Kier molecular flexibility index (Phi) is 6.88. The summed E-state index contributed by atoms with van der Waals surface area (Å²) in [6.07, 6.45) is 3.90. The number of piperazine rings is 1. The molecule has 4 aliphatic rings. The van der Waals surface area contributed by atoms with Crippen molar-refractivity contribution in [2.45, 2.75) is 66.7 Å². The summed E-state index contributed by atoms with van der Waals surface area (Å²) >= 11 is 1.70. The summed E-state index contributed by atoms with van der Waals surface area (Å²) < 4.78 is 0. The van der Waals surface area contributed by atoms with E-state index in [2.05, 4.69) is 62.7 Å². The van der Waals surface area contributed by atoms with Gasteiger partial charge in [-0.15, -0.1) is 0 Å². The van der Waals surface area contributed by atoms with E-state index in [1.807, 2.05) is 4.90 Å². The highest BCUT2D eigenvalue weighted by atomic mass is 32.2. The molecule has 6 nitrogen and oxygen atoms in total. The van der Waals surface area contributed by atoms with Gasteiger partial charge in [0.2, 0.25) is 5.91 Å². The van der Waals surface area contributed by atoms with Gasteiger partial charge in [0.05, 0.1) is 5.04 Å². The van der Waals surface area contributed by atoms with Crippen molar-refractivity contribution < 1.29 is 9.59 Å². The Morgan fingerprint density at radius 1 is 1.11 bits per heavy atom. The molecule has 0 spiro atoms. The fourth-order valence-electron chi connectivity index (χ4n) is 5.94. The fourth-order valence-corrected chi connectivity index (χ4v) is 7.34. The van der Waals surface area contributed by atoms with E-state index < -0.39 is 0 Å². The minimum Gasteiger partial charge on any atom is -0.368 e. The van der Waals surface area contributed by atoms with Crippen molar-refractivity contribution in [1.82, 2.24) is 4.90 Å². The molecule has 3 aliphatic heterocycles. The second kappa shape index (κ2) is 9.81. The molecule has 1 saturated heterocycles. The average Bonchev–Trinajstić information content (AvgIpc) is 3.20. The van der Waals surface area contributed by atoms with Gasteiger partial charge in [0.25, 0.3) is 5.91 Å². The topological polar surface area (TPSA) is 65.3 Å². The van der Waals surface area contributed by atoms with E-state index in [9.17, 15) is 9.59 Å². The van der Waals surface area contributed by atoms with Crippen LogP contribution in [0.15, 0.2) is 38.7 Å². The molecule has 0 saturated carbocycles. The number of nitrogens with zero attached hydrogens (tertiary/aromatic N) is 4. The third-order valence-electron chi connectivity index (χ3n) is 8.21. The zero-order valence-corrected chi connectivity index (χ0v) is 23.1. The number of amides is 2. The largest absolute Gasteiger partial charge is 0.368 e. The molecule has 1 aromatic rings. The molecule has 2 atom stereocenters. The Morgan fingerprint density at radius 3 is 2.56 bits per heavy atom. The van der Waals surface area contributed by atoms with Gasteiger partial charge in [0, 0.05) is 44.7 Å². The van der Waals surface area contributed by atoms with E-state index in [-0.39, 0.29) is 23.1 Å². The number of anilines is 1. The Bertz CT molecular complexity index is 1170. The van der Waals surface area contributed by atoms with Crippen molar-refractivity contribution in [3.8, 4) is 0 Å². The number of benzene rings is 1. The van der Waals surface area contributed by atoms with Gasteiger partial charge in [0.1, 0.15) is 11.8 Å². The molecule has 0 radical (unpaired) electrons. The number of amidine groups is 1. The van der Waals surface area contributed by atoms with Crippen molar-refractivity contribution in [2.24, 2.45) is 27.2 Å². The summed E-state index contributed by atoms with van der Waals surface area (Å²) in [5.74, 6) is 0.929. The first kappa shape index (κ1) is 25.2. The number of hydrogen-bond acceptors (Lipinski definition) is 5. The molecule has 192 valence electrons. The van der Waals surface area contributed by atoms with Gasteiger partial charge in [-0.3, -0.25) is 9.59 Å². The van der Waals surface area contributed by atoms with Crippen LogP contribution in [0.2, 0.25) is 0 Å². The number of aryl methyl sites for hydroxylation is 2. The molecule has 0 bridgehead atoms. The van der Waals surface area contributed by atoms with Crippen LogP contribution in [0.1, 0.15) is 64.0 Å². The van der Waals surface area contributed by atoms with Crippen LogP contribution in [-0.4, -0.2) is 53.8 Å². The fraction of sp³-hybridized carbons (Fsp3) is 0.586. The normalized spacial score (nSPS) is 24.4. The lowest BCUT2D eigenvalue weighted by molar-refractivity contribution is -0.131. The van der Waals surface area contributed by atoms with Crippen LogP contribution >= 0.6 is 11.8 Å². The van der Waals surface area contributed by atoms with Crippen LogP contribution in [0, 0.1) is 31.1 Å². The van der Waals surface area contributed by atoms with E-state index in [1.54, 1.807) is 11.8 Å². The Balaban J connectivity index is 1.15. The van der Waals surface area contributed by atoms with E-state index >= 15 is 0 Å². The van der Waals surface area contributed by atoms with Crippen LogP contribution in [-0.2, 0) is 9.59 Å². The molecule has 1 aromatic carbocycles.